The van der Waals surface area contributed by atoms with Crippen molar-refractivity contribution in [2.45, 2.75) is 44.8 Å². The fourth-order valence-corrected chi connectivity index (χ4v) is 4.52. The van der Waals surface area contributed by atoms with Crippen molar-refractivity contribution < 1.29 is 14.6 Å². The number of benzene rings is 2. The van der Waals surface area contributed by atoms with Gasteiger partial charge in [0, 0.05) is 36.8 Å². The number of ether oxygens (including phenoxy) is 2. The van der Waals surface area contributed by atoms with E-state index < -0.39 is 0 Å². The van der Waals surface area contributed by atoms with Crippen LogP contribution >= 0.6 is 0 Å². The predicted octanol–water partition coefficient (Wildman–Crippen LogP) is 4.14. The molecule has 2 aromatic rings. The lowest BCUT2D eigenvalue weighted by molar-refractivity contribution is 0.144. The van der Waals surface area contributed by atoms with E-state index in [0.29, 0.717) is 25.4 Å². The topological polar surface area (TPSA) is 66.3 Å². The number of para-hydroxylation sites is 1. The molecule has 166 valence electrons. The maximum absolute atomic E-state index is 10.9. The van der Waals surface area contributed by atoms with Crippen LogP contribution in [0.15, 0.2) is 47.5 Å². The van der Waals surface area contributed by atoms with Crippen LogP contribution in [0.3, 0.4) is 0 Å². The minimum absolute atomic E-state index is 0.0390. The van der Waals surface area contributed by atoms with Gasteiger partial charge < -0.3 is 19.5 Å². The number of nitrogens with zero attached hydrogens (tertiary/aromatic N) is 2. The fraction of sp³-hybridized carbons (Fsp3) is 0.480. The minimum atomic E-state index is -0.322. The van der Waals surface area contributed by atoms with Crippen molar-refractivity contribution in [3.8, 4) is 17.2 Å². The summed E-state index contributed by atoms with van der Waals surface area (Å²) in [7, 11) is 2.15. The van der Waals surface area contributed by atoms with Crippen LogP contribution in [0.5, 0.6) is 17.2 Å². The maximum atomic E-state index is 10.9. The molecule has 1 saturated heterocycles. The molecule has 2 aromatic carbocycles. The quantitative estimate of drug-likeness (QED) is 0.731. The van der Waals surface area contributed by atoms with Gasteiger partial charge >= 0.3 is 0 Å². The van der Waals surface area contributed by atoms with Gasteiger partial charge in [-0.3, -0.25) is 10.3 Å². The highest BCUT2D eigenvalue weighted by Crippen LogP contribution is 2.40. The lowest BCUT2D eigenvalue weighted by Gasteiger charge is -2.44. The summed E-state index contributed by atoms with van der Waals surface area (Å²) in [5.74, 6) is 1.62. The zero-order chi connectivity index (χ0) is 21.8. The van der Waals surface area contributed by atoms with Crippen LogP contribution in [-0.2, 0) is 0 Å². The third-order valence-corrected chi connectivity index (χ3v) is 6.21. The summed E-state index contributed by atoms with van der Waals surface area (Å²) >= 11 is 0. The highest BCUT2D eigenvalue weighted by molar-refractivity contribution is 6.02. The van der Waals surface area contributed by atoms with E-state index in [1.165, 1.54) is 0 Å². The summed E-state index contributed by atoms with van der Waals surface area (Å²) in [5.41, 5.74) is 2.71. The molecule has 0 saturated carbocycles. The lowest BCUT2D eigenvalue weighted by atomic mass is 9.87. The van der Waals surface area contributed by atoms with Gasteiger partial charge in [-0.1, -0.05) is 12.1 Å². The SMILES string of the molecule is CCOc1ccc(C2=NC3(CCN(C)CC3)N[C@@H](c3cccc(OCC)c3O)C2)cc1. The van der Waals surface area contributed by atoms with E-state index in [1.807, 2.05) is 44.2 Å². The van der Waals surface area contributed by atoms with Crippen LogP contribution in [-0.4, -0.2) is 54.7 Å². The summed E-state index contributed by atoms with van der Waals surface area (Å²) in [5, 5.41) is 14.7. The number of likely N-dealkylation sites (tertiary alicyclic amines) is 1. The van der Waals surface area contributed by atoms with Gasteiger partial charge in [-0.05, 0) is 69.6 Å². The Morgan fingerprint density at radius 3 is 2.45 bits per heavy atom. The van der Waals surface area contributed by atoms with Gasteiger partial charge in [0.2, 0.25) is 0 Å². The summed E-state index contributed by atoms with van der Waals surface area (Å²) in [6, 6.07) is 13.9. The van der Waals surface area contributed by atoms with Crippen LogP contribution in [0.25, 0.3) is 0 Å². The lowest BCUT2D eigenvalue weighted by Crippen LogP contribution is -2.55. The first-order valence-corrected chi connectivity index (χ1v) is 11.3. The average Bonchev–Trinajstić information content (AvgIpc) is 2.78. The first kappa shape index (κ1) is 21.7. The number of nitrogens with one attached hydrogen (secondary N) is 1. The Hall–Kier alpha value is -2.57. The van der Waals surface area contributed by atoms with Gasteiger partial charge in [-0.15, -0.1) is 0 Å². The summed E-state index contributed by atoms with van der Waals surface area (Å²) < 4.78 is 11.2. The smallest absolute Gasteiger partial charge is 0.162 e. The van der Waals surface area contributed by atoms with Crippen LogP contribution < -0.4 is 14.8 Å². The number of piperidine rings is 1. The summed E-state index contributed by atoms with van der Waals surface area (Å²) in [6.07, 6.45) is 2.58. The van der Waals surface area contributed by atoms with Gasteiger partial charge in [0.05, 0.1) is 13.2 Å². The molecule has 1 atom stereocenters. The van der Waals surface area contributed by atoms with Gasteiger partial charge in [0.25, 0.3) is 0 Å². The van der Waals surface area contributed by atoms with Crippen LogP contribution in [0.2, 0.25) is 0 Å². The van der Waals surface area contributed by atoms with Gasteiger partial charge in [-0.2, -0.15) is 0 Å². The standard InChI is InChI=1S/C25H33N3O3/c1-4-30-19-11-9-18(10-12-19)21-17-22(20-7-6-8-23(24(20)29)31-5-2)27-25(26-21)13-15-28(3)16-14-25/h6-12,22,27,29H,4-5,13-17H2,1-3H3/t22-/m1/s1. The molecule has 2 aliphatic rings. The van der Waals surface area contributed by atoms with E-state index in [9.17, 15) is 5.11 Å². The molecular formula is C25H33N3O3. The van der Waals surface area contributed by atoms with E-state index in [2.05, 4.69) is 29.4 Å². The van der Waals surface area contributed by atoms with E-state index in [4.69, 9.17) is 14.5 Å². The number of aliphatic imine (C=N–C) groups is 1. The van der Waals surface area contributed by atoms with Crippen LogP contribution in [0.1, 0.15) is 50.3 Å². The monoisotopic (exact) mass is 423 g/mol. The zero-order valence-corrected chi connectivity index (χ0v) is 18.7. The van der Waals surface area contributed by atoms with Crippen molar-refractivity contribution in [3.05, 3.63) is 53.6 Å². The number of phenols is 1. The van der Waals surface area contributed by atoms with Crippen molar-refractivity contribution in [1.82, 2.24) is 10.2 Å². The van der Waals surface area contributed by atoms with Gasteiger partial charge in [0.1, 0.15) is 11.4 Å². The van der Waals surface area contributed by atoms with Crippen molar-refractivity contribution in [3.63, 3.8) is 0 Å². The Kier molecular flexibility index (Phi) is 6.49. The van der Waals surface area contributed by atoms with Crippen LogP contribution in [0.4, 0.5) is 0 Å². The average molecular weight is 424 g/mol. The third kappa shape index (κ3) is 4.70. The first-order valence-electron chi connectivity index (χ1n) is 11.3. The van der Waals surface area contributed by atoms with Crippen molar-refractivity contribution in [2.24, 2.45) is 4.99 Å². The number of aromatic hydroxyl groups is 1. The Labute approximate surface area is 184 Å². The fourth-order valence-electron chi connectivity index (χ4n) is 4.52. The molecule has 2 heterocycles. The Morgan fingerprint density at radius 2 is 1.77 bits per heavy atom. The molecule has 2 N–H and O–H groups in total. The molecule has 1 fully saturated rings. The first-order chi connectivity index (χ1) is 15.0. The molecule has 0 bridgehead atoms. The highest BCUT2D eigenvalue weighted by Gasteiger charge is 2.40. The van der Waals surface area contributed by atoms with E-state index >= 15 is 0 Å². The molecular weight excluding hydrogens is 390 g/mol. The second kappa shape index (κ2) is 9.28. The molecule has 0 radical (unpaired) electrons. The molecule has 31 heavy (non-hydrogen) atoms. The zero-order valence-electron chi connectivity index (χ0n) is 18.7. The third-order valence-electron chi connectivity index (χ3n) is 6.21. The van der Waals surface area contributed by atoms with E-state index in [1.54, 1.807) is 0 Å². The summed E-state index contributed by atoms with van der Waals surface area (Å²) in [6.45, 7) is 7.06. The minimum Gasteiger partial charge on any atom is -0.504 e. The highest BCUT2D eigenvalue weighted by atomic mass is 16.5. The number of hydrogen-bond acceptors (Lipinski definition) is 6. The second-order valence-corrected chi connectivity index (χ2v) is 8.38. The van der Waals surface area contributed by atoms with Crippen molar-refractivity contribution in [2.75, 3.05) is 33.4 Å². The van der Waals surface area contributed by atoms with Crippen molar-refractivity contribution >= 4 is 5.71 Å². The number of rotatable bonds is 6. The molecule has 0 aliphatic carbocycles. The van der Waals surface area contributed by atoms with E-state index in [0.717, 1.165) is 48.5 Å². The Balaban J connectivity index is 1.69. The Bertz CT molecular complexity index is 918. The normalized spacial score (nSPS) is 21.0. The predicted molar refractivity (Wildman–Crippen MR) is 123 cm³/mol. The molecule has 0 amide bonds. The molecule has 2 aliphatic heterocycles. The van der Waals surface area contributed by atoms with Gasteiger partial charge in [0.15, 0.2) is 11.5 Å². The molecule has 6 heteroatoms. The van der Waals surface area contributed by atoms with Crippen molar-refractivity contribution in [1.29, 1.82) is 0 Å². The molecule has 6 nitrogen and oxygen atoms in total. The summed E-state index contributed by atoms with van der Waals surface area (Å²) in [4.78, 5) is 7.59. The number of phenolic OH excluding ortho intramolecular Hbond substituents is 1. The molecule has 0 aromatic heterocycles. The van der Waals surface area contributed by atoms with E-state index in [-0.39, 0.29) is 17.5 Å². The van der Waals surface area contributed by atoms with Gasteiger partial charge in [-0.25, -0.2) is 0 Å². The maximum Gasteiger partial charge on any atom is 0.162 e. The Morgan fingerprint density at radius 1 is 1.06 bits per heavy atom. The largest absolute Gasteiger partial charge is 0.504 e. The molecule has 0 unspecified atom stereocenters. The second-order valence-electron chi connectivity index (χ2n) is 8.38. The molecule has 4 rings (SSSR count). The molecule has 1 spiro atoms. The number of hydrogen-bond donors (Lipinski definition) is 2. The van der Waals surface area contributed by atoms with Crippen LogP contribution in [0, 0.1) is 0 Å².